The number of benzene rings is 2. The highest BCUT2D eigenvalue weighted by Gasteiger charge is 2.26. The van der Waals surface area contributed by atoms with Crippen LogP contribution >= 0.6 is 27.5 Å². The van der Waals surface area contributed by atoms with Crippen LogP contribution in [-0.2, 0) is 16.1 Å². The third-order valence-corrected chi connectivity index (χ3v) is 4.71. The molecule has 0 aliphatic heterocycles. The lowest BCUT2D eigenvalue weighted by atomic mass is 10.1. The van der Waals surface area contributed by atoms with Gasteiger partial charge in [-0.15, -0.1) is 0 Å². The number of rotatable bonds is 8. The lowest BCUT2D eigenvalue weighted by molar-refractivity contribution is -0.142. The van der Waals surface area contributed by atoms with Crippen molar-refractivity contribution < 1.29 is 14.3 Å². The minimum atomic E-state index is -0.621. The van der Waals surface area contributed by atoms with Crippen LogP contribution in [0.2, 0.25) is 5.02 Å². The Labute approximate surface area is 172 Å². The van der Waals surface area contributed by atoms with Crippen molar-refractivity contribution in [3.8, 4) is 5.75 Å². The van der Waals surface area contributed by atoms with E-state index in [1.807, 2.05) is 31.2 Å². The Bertz CT molecular complexity index is 783. The van der Waals surface area contributed by atoms with Crippen LogP contribution in [-0.4, -0.2) is 35.9 Å². The molecule has 7 heteroatoms. The van der Waals surface area contributed by atoms with Crippen molar-refractivity contribution in [1.82, 2.24) is 10.2 Å². The van der Waals surface area contributed by atoms with Crippen LogP contribution in [0.4, 0.5) is 0 Å². The predicted molar refractivity (Wildman–Crippen MR) is 110 cm³/mol. The van der Waals surface area contributed by atoms with Crippen molar-refractivity contribution in [2.75, 3.05) is 13.2 Å². The van der Waals surface area contributed by atoms with Gasteiger partial charge in [0.2, 0.25) is 5.91 Å². The number of carbonyl (C=O) groups excluding carboxylic acids is 2. The molecular formula is C20H22BrClN2O3. The first kappa shape index (κ1) is 21.3. The molecule has 0 radical (unpaired) electrons. The summed E-state index contributed by atoms with van der Waals surface area (Å²) in [7, 11) is 0. The molecule has 0 bridgehead atoms. The van der Waals surface area contributed by atoms with E-state index >= 15 is 0 Å². The van der Waals surface area contributed by atoms with Gasteiger partial charge in [-0.1, -0.05) is 45.7 Å². The first-order chi connectivity index (χ1) is 12.9. The Kier molecular flexibility index (Phi) is 8.13. The van der Waals surface area contributed by atoms with E-state index in [-0.39, 0.29) is 18.4 Å². The van der Waals surface area contributed by atoms with Crippen LogP contribution in [0.1, 0.15) is 19.4 Å². The Hall–Kier alpha value is -2.05. The maximum absolute atomic E-state index is 12.8. The number of nitrogens with one attached hydrogen (secondary N) is 1. The third kappa shape index (κ3) is 6.56. The predicted octanol–water partition coefficient (Wildman–Crippen LogP) is 4.03. The number of hydrogen-bond acceptors (Lipinski definition) is 3. The van der Waals surface area contributed by atoms with Crippen molar-refractivity contribution in [3.05, 3.63) is 63.6 Å². The van der Waals surface area contributed by atoms with Gasteiger partial charge in [0.15, 0.2) is 6.61 Å². The Morgan fingerprint density at radius 3 is 2.56 bits per heavy atom. The fourth-order valence-corrected chi connectivity index (χ4v) is 2.92. The standard InChI is InChI=1S/C20H22BrClN2O3/c1-3-23-20(26)14(2)24(12-15-7-9-16(21)10-8-15)19(25)13-27-18-6-4-5-17(22)11-18/h4-11,14H,3,12-13H2,1-2H3,(H,23,26). The Morgan fingerprint density at radius 1 is 1.22 bits per heavy atom. The number of hydrogen-bond donors (Lipinski definition) is 1. The molecule has 0 saturated carbocycles. The molecule has 0 saturated heterocycles. The summed E-state index contributed by atoms with van der Waals surface area (Å²) in [5, 5.41) is 3.29. The summed E-state index contributed by atoms with van der Waals surface area (Å²) < 4.78 is 6.51. The maximum Gasteiger partial charge on any atom is 0.261 e. The van der Waals surface area contributed by atoms with Gasteiger partial charge < -0.3 is 15.0 Å². The Morgan fingerprint density at radius 2 is 1.93 bits per heavy atom. The molecule has 0 aliphatic carbocycles. The van der Waals surface area contributed by atoms with Gasteiger partial charge in [-0.05, 0) is 49.7 Å². The first-order valence-electron chi connectivity index (χ1n) is 8.60. The van der Waals surface area contributed by atoms with Crippen LogP contribution in [0.15, 0.2) is 53.0 Å². The number of carbonyl (C=O) groups is 2. The fraction of sp³-hybridized carbons (Fsp3) is 0.300. The zero-order chi connectivity index (χ0) is 19.8. The van der Waals surface area contributed by atoms with E-state index in [2.05, 4.69) is 21.2 Å². The molecule has 0 spiro atoms. The van der Waals surface area contributed by atoms with E-state index in [1.54, 1.807) is 31.2 Å². The smallest absolute Gasteiger partial charge is 0.261 e. The number of nitrogens with zero attached hydrogens (tertiary/aromatic N) is 1. The molecule has 2 rings (SSSR count). The Balaban J connectivity index is 2.12. The van der Waals surface area contributed by atoms with Crippen molar-refractivity contribution in [2.24, 2.45) is 0 Å². The van der Waals surface area contributed by atoms with E-state index in [0.717, 1.165) is 10.0 Å². The molecule has 1 N–H and O–H groups in total. The van der Waals surface area contributed by atoms with Crippen molar-refractivity contribution >= 4 is 39.3 Å². The van der Waals surface area contributed by atoms with Crippen molar-refractivity contribution in [2.45, 2.75) is 26.4 Å². The molecule has 2 amide bonds. The molecule has 2 aromatic carbocycles. The molecule has 0 heterocycles. The molecule has 144 valence electrons. The highest BCUT2D eigenvalue weighted by molar-refractivity contribution is 9.10. The molecule has 2 aromatic rings. The van der Waals surface area contributed by atoms with E-state index in [9.17, 15) is 9.59 Å². The second-order valence-corrected chi connectivity index (χ2v) is 7.32. The largest absolute Gasteiger partial charge is 0.484 e. The molecule has 1 unspecified atom stereocenters. The first-order valence-corrected chi connectivity index (χ1v) is 9.77. The SMILES string of the molecule is CCNC(=O)C(C)N(Cc1ccc(Br)cc1)C(=O)COc1cccc(Cl)c1. The van der Waals surface area contributed by atoms with Crippen LogP contribution in [0.5, 0.6) is 5.75 Å². The van der Waals surface area contributed by atoms with Gasteiger partial charge in [-0.3, -0.25) is 9.59 Å². The van der Waals surface area contributed by atoms with Crippen LogP contribution in [0.3, 0.4) is 0 Å². The quantitative estimate of drug-likeness (QED) is 0.656. The van der Waals surface area contributed by atoms with Gasteiger partial charge in [0, 0.05) is 22.6 Å². The fourth-order valence-electron chi connectivity index (χ4n) is 2.48. The number of halogens is 2. The van der Waals surface area contributed by atoms with Crippen LogP contribution in [0.25, 0.3) is 0 Å². The summed E-state index contributed by atoms with van der Waals surface area (Å²) in [6.07, 6.45) is 0. The molecule has 5 nitrogen and oxygen atoms in total. The topological polar surface area (TPSA) is 58.6 Å². The van der Waals surface area contributed by atoms with Gasteiger partial charge in [0.25, 0.3) is 5.91 Å². The molecular weight excluding hydrogens is 432 g/mol. The molecule has 27 heavy (non-hydrogen) atoms. The minimum Gasteiger partial charge on any atom is -0.484 e. The van der Waals surface area contributed by atoms with E-state index in [4.69, 9.17) is 16.3 Å². The lowest BCUT2D eigenvalue weighted by Gasteiger charge is -2.28. The highest BCUT2D eigenvalue weighted by atomic mass is 79.9. The lowest BCUT2D eigenvalue weighted by Crippen LogP contribution is -2.49. The normalized spacial score (nSPS) is 11.6. The molecule has 0 aromatic heterocycles. The molecule has 1 atom stereocenters. The second-order valence-electron chi connectivity index (χ2n) is 5.96. The summed E-state index contributed by atoms with van der Waals surface area (Å²) in [5.41, 5.74) is 0.922. The van der Waals surface area contributed by atoms with Gasteiger partial charge in [-0.25, -0.2) is 0 Å². The summed E-state index contributed by atoms with van der Waals surface area (Å²) in [6.45, 7) is 4.18. The van der Waals surface area contributed by atoms with Crippen LogP contribution in [0, 0.1) is 0 Å². The van der Waals surface area contributed by atoms with E-state index < -0.39 is 6.04 Å². The number of amides is 2. The zero-order valence-electron chi connectivity index (χ0n) is 15.2. The number of ether oxygens (including phenoxy) is 1. The number of likely N-dealkylation sites (N-methyl/N-ethyl adjacent to an activating group) is 1. The average molecular weight is 454 g/mol. The van der Waals surface area contributed by atoms with Crippen molar-refractivity contribution in [3.63, 3.8) is 0 Å². The summed E-state index contributed by atoms with van der Waals surface area (Å²) in [6, 6.07) is 13.8. The van der Waals surface area contributed by atoms with Gasteiger partial charge in [-0.2, -0.15) is 0 Å². The monoisotopic (exact) mass is 452 g/mol. The maximum atomic E-state index is 12.8. The summed E-state index contributed by atoms with van der Waals surface area (Å²) >= 11 is 9.33. The molecule has 0 aliphatic rings. The van der Waals surface area contributed by atoms with E-state index in [1.165, 1.54) is 4.90 Å². The minimum absolute atomic E-state index is 0.180. The summed E-state index contributed by atoms with van der Waals surface area (Å²) in [5.74, 6) is 0.0208. The van der Waals surface area contributed by atoms with Crippen molar-refractivity contribution in [1.29, 1.82) is 0 Å². The van der Waals surface area contributed by atoms with Gasteiger partial charge in [0.05, 0.1) is 0 Å². The van der Waals surface area contributed by atoms with E-state index in [0.29, 0.717) is 23.9 Å². The van der Waals surface area contributed by atoms with Crippen LogP contribution < -0.4 is 10.1 Å². The zero-order valence-corrected chi connectivity index (χ0v) is 17.6. The second kappa shape index (κ2) is 10.3. The average Bonchev–Trinajstić information content (AvgIpc) is 2.65. The van der Waals surface area contributed by atoms with Gasteiger partial charge in [0.1, 0.15) is 11.8 Å². The summed E-state index contributed by atoms with van der Waals surface area (Å²) in [4.78, 5) is 26.6. The third-order valence-electron chi connectivity index (χ3n) is 3.94. The molecule has 0 fully saturated rings. The highest BCUT2D eigenvalue weighted by Crippen LogP contribution is 2.18. The van der Waals surface area contributed by atoms with Gasteiger partial charge >= 0.3 is 0 Å².